The van der Waals surface area contributed by atoms with Gasteiger partial charge in [0, 0.05) is 5.39 Å². The van der Waals surface area contributed by atoms with E-state index in [4.69, 9.17) is 9.47 Å². The van der Waals surface area contributed by atoms with Crippen LogP contribution in [0, 0.1) is 0 Å². The summed E-state index contributed by atoms with van der Waals surface area (Å²) in [5.74, 6) is 0.698. The van der Waals surface area contributed by atoms with Gasteiger partial charge in [-0.3, -0.25) is 4.79 Å². The molecule has 0 spiro atoms. The number of amides is 1. The molecule has 0 bridgehead atoms. The van der Waals surface area contributed by atoms with Crippen LogP contribution in [0.1, 0.15) is 0 Å². The minimum Gasteiger partial charge on any atom is -0.493 e. The number of hydrogen-bond acceptors (Lipinski definition) is 5. The van der Waals surface area contributed by atoms with E-state index in [-0.39, 0.29) is 18.2 Å². The Balaban J connectivity index is 1.29. The lowest BCUT2D eigenvalue weighted by Gasteiger charge is -2.10. The lowest BCUT2D eigenvalue weighted by molar-refractivity contribution is -0.120. The molecule has 0 atom stereocenters. The maximum Gasteiger partial charge on any atom is 0.302 e. The van der Waals surface area contributed by atoms with Crippen molar-refractivity contribution < 1.29 is 19.4 Å². The molecule has 0 saturated carbocycles. The van der Waals surface area contributed by atoms with Gasteiger partial charge in [0.2, 0.25) is 5.88 Å². The van der Waals surface area contributed by atoms with Gasteiger partial charge in [0.05, 0.1) is 12.1 Å². The summed E-state index contributed by atoms with van der Waals surface area (Å²) < 4.78 is 13.1. The van der Waals surface area contributed by atoms with E-state index in [2.05, 4.69) is 16.3 Å². The molecule has 1 aromatic heterocycles. The van der Waals surface area contributed by atoms with Gasteiger partial charge in [-0.2, -0.15) is 0 Å². The number of carbonyl (C=O) groups excluding carboxylic acids is 1. The second-order valence-electron chi connectivity index (χ2n) is 7.89. The van der Waals surface area contributed by atoms with Gasteiger partial charge in [-0.25, -0.2) is 0 Å². The Morgan fingerprint density at radius 3 is 2.40 bits per heavy atom. The third-order valence-corrected chi connectivity index (χ3v) is 5.59. The average Bonchev–Trinajstić information content (AvgIpc) is 3.17. The van der Waals surface area contributed by atoms with Crippen LogP contribution in [0.25, 0.3) is 21.7 Å². The third kappa shape index (κ3) is 4.99. The van der Waals surface area contributed by atoms with Crippen molar-refractivity contribution in [2.45, 2.75) is 6.54 Å². The Morgan fingerprint density at radius 1 is 0.800 bits per heavy atom. The minimum atomic E-state index is -0.551. The molecular formula is C28H23N3O4. The molecule has 1 amide bonds. The third-order valence-electron chi connectivity index (χ3n) is 5.59. The summed E-state index contributed by atoms with van der Waals surface area (Å²) in [6.45, 7) is 0.483. The molecule has 35 heavy (non-hydrogen) atoms. The fourth-order valence-corrected chi connectivity index (χ4v) is 3.90. The first-order chi connectivity index (χ1) is 17.2. The molecule has 5 aromatic rings. The fraction of sp³-hybridized carbons (Fsp3) is 0.107. The van der Waals surface area contributed by atoms with Crippen LogP contribution in [0.3, 0.4) is 0 Å². The summed E-state index contributed by atoms with van der Waals surface area (Å²) in [6, 6.07) is 30.5. The zero-order valence-corrected chi connectivity index (χ0v) is 18.9. The van der Waals surface area contributed by atoms with E-state index in [9.17, 15) is 9.90 Å². The Bertz CT molecular complexity index is 1510. The van der Waals surface area contributed by atoms with Gasteiger partial charge in [-0.05, 0) is 41.1 Å². The number of rotatable bonds is 8. The van der Waals surface area contributed by atoms with E-state index in [1.807, 2.05) is 78.9 Å². The zero-order chi connectivity index (χ0) is 24.0. The first-order valence-corrected chi connectivity index (χ1v) is 11.2. The Kier molecular flexibility index (Phi) is 6.39. The first kappa shape index (κ1) is 22.2. The lowest BCUT2D eigenvalue weighted by atomic mass is 10.1. The highest BCUT2D eigenvalue weighted by molar-refractivity contribution is 5.95. The summed E-state index contributed by atoms with van der Waals surface area (Å²) in [7, 11) is 0. The van der Waals surface area contributed by atoms with Crippen LogP contribution < -0.4 is 9.47 Å². The van der Waals surface area contributed by atoms with Gasteiger partial charge in [-0.1, -0.05) is 66.7 Å². The van der Waals surface area contributed by atoms with Gasteiger partial charge in [0.15, 0.2) is 12.3 Å². The van der Waals surface area contributed by atoms with E-state index >= 15 is 0 Å². The van der Waals surface area contributed by atoms with Gasteiger partial charge in [0.25, 0.3) is 0 Å². The number of benzene rings is 4. The van der Waals surface area contributed by atoms with Crippen LogP contribution in [0.15, 0.2) is 107 Å². The number of ether oxygens (including phenoxy) is 2. The molecule has 0 aliphatic carbocycles. The lowest BCUT2D eigenvalue weighted by Crippen LogP contribution is -2.08. The molecule has 1 N–H and O–H groups in total. The Morgan fingerprint density at radius 2 is 1.54 bits per heavy atom. The predicted molar refractivity (Wildman–Crippen MR) is 135 cm³/mol. The standard InChI is InChI=1S/C28H23N3O4/c32-26(19-35-22-10-2-1-3-11-22)29-30-27-24-12-6-7-13-25(24)31(28(27)33)16-17-34-23-15-14-20-8-4-5-9-21(20)18-23/h1-15,18,33H,16-17,19H2. The Hall–Kier alpha value is -4.65. The summed E-state index contributed by atoms with van der Waals surface area (Å²) in [6.07, 6.45) is 0. The van der Waals surface area contributed by atoms with Crippen molar-refractivity contribution in [2.75, 3.05) is 13.2 Å². The van der Waals surface area contributed by atoms with Crippen molar-refractivity contribution >= 4 is 33.3 Å². The number of aromatic nitrogens is 1. The van der Waals surface area contributed by atoms with Crippen LogP contribution in [0.4, 0.5) is 5.69 Å². The van der Waals surface area contributed by atoms with Crippen molar-refractivity contribution in [3.8, 4) is 17.4 Å². The van der Waals surface area contributed by atoms with Crippen molar-refractivity contribution in [3.63, 3.8) is 0 Å². The number of azo groups is 1. The molecule has 7 nitrogen and oxygen atoms in total. The first-order valence-electron chi connectivity index (χ1n) is 11.2. The van der Waals surface area contributed by atoms with Gasteiger partial charge in [-0.15, -0.1) is 10.2 Å². The minimum absolute atomic E-state index is 0.0751. The number of nitrogens with zero attached hydrogens (tertiary/aromatic N) is 3. The molecular weight excluding hydrogens is 442 g/mol. The monoisotopic (exact) mass is 465 g/mol. The van der Waals surface area contributed by atoms with Crippen molar-refractivity contribution in [1.82, 2.24) is 4.57 Å². The normalized spacial score (nSPS) is 11.3. The molecule has 174 valence electrons. The summed E-state index contributed by atoms with van der Waals surface area (Å²) in [5, 5.41) is 21.6. The van der Waals surface area contributed by atoms with Gasteiger partial charge in [0.1, 0.15) is 18.1 Å². The molecule has 0 saturated heterocycles. The van der Waals surface area contributed by atoms with Crippen molar-refractivity contribution in [2.24, 2.45) is 10.2 Å². The second-order valence-corrected chi connectivity index (χ2v) is 7.89. The van der Waals surface area contributed by atoms with Crippen LogP contribution in [-0.4, -0.2) is 28.8 Å². The van der Waals surface area contributed by atoms with Gasteiger partial charge < -0.3 is 19.1 Å². The van der Waals surface area contributed by atoms with Crippen molar-refractivity contribution in [1.29, 1.82) is 0 Å². The molecule has 4 aromatic carbocycles. The van der Waals surface area contributed by atoms with Crippen LogP contribution in [-0.2, 0) is 11.3 Å². The maximum atomic E-state index is 12.2. The molecule has 5 rings (SSSR count). The van der Waals surface area contributed by atoms with Crippen LogP contribution >= 0.6 is 0 Å². The largest absolute Gasteiger partial charge is 0.493 e. The van der Waals surface area contributed by atoms with Crippen LogP contribution in [0.5, 0.6) is 17.4 Å². The number of hydrogen-bond donors (Lipinski definition) is 1. The highest BCUT2D eigenvalue weighted by atomic mass is 16.5. The SMILES string of the molecule is O=C(COc1ccccc1)N=Nc1c(O)n(CCOc2ccc3ccccc3c2)c2ccccc12. The van der Waals surface area contributed by atoms with E-state index in [1.165, 1.54) is 0 Å². The highest BCUT2D eigenvalue weighted by Crippen LogP contribution is 2.38. The highest BCUT2D eigenvalue weighted by Gasteiger charge is 2.17. The summed E-state index contributed by atoms with van der Waals surface area (Å²) in [5.41, 5.74) is 1.01. The van der Waals surface area contributed by atoms with Crippen LogP contribution in [0.2, 0.25) is 0 Å². The van der Waals surface area contributed by atoms with Crippen molar-refractivity contribution in [3.05, 3.63) is 97.1 Å². The molecule has 0 radical (unpaired) electrons. The number of aromatic hydroxyl groups is 1. The topological polar surface area (TPSA) is 85.4 Å². The molecule has 0 fully saturated rings. The predicted octanol–water partition coefficient (Wildman–Crippen LogP) is 6.27. The molecule has 0 aliphatic heterocycles. The second kappa shape index (κ2) is 10.1. The average molecular weight is 466 g/mol. The van der Waals surface area contributed by atoms with E-state index in [0.29, 0.717) is 24.3 Å². The smallest absolute Gasteiger partial charge is 0.302 e. The molecule has 1 heterocycles. The zero-order valence-electron chi connectivity index (χ0n) is 18.9. The summed E-state index contributed by atoms with van der Waals surface area (Å²) in [4.78, 5) is 12.2. The number of para-hydroxylation sites is 2. The van der Waals surface area contributed by atoms with E-state index in [0.717, 1.165) is 22.0 Å². The number of carbonyl (C=O) groups is 1. The van der Waals surface area contributed by atoms with Gasteiger partial charge >= 0.3 is 5.91 Å². The molecule has 0 unspecified atom stereocenters. The number of fused-ring (bicyclic) bond motifs is 2. The Labute approximate surface area is 201 Å². The van der Waals surface area contributed by atoms with E-state index < -0.39 is 5.91 Å². The molecule has 7 heteroatoms. The van der Waals surface area contributed by atoms with E-state index in [1.54, 1.807) is 16.7 Å². The summed E-state index contributed by atoms with van der Waals surface area (Å²) >= 11 is 0. The molecule has 0 aliphatic rings. The maximum absolute atomic E-state index is 12.2. The quantitative estimate of drug-likeness (QED) is 0.274. The fourth-order valence-electron chi connectivity index (χ4n) is 3.90.